The average molecular weight is 507 g/mol. The Bertz CT molecular complexity index is 1420. The Morgan fingerprint density at radius 2 is 1.95 bits per heavy atom. The fourth-order valence-electron chi connectivity index (χ4n) is 5.16. The normalized spacial score (nSPS) is 17.9. The predicted molar refractivity (Wildman–Crippen MR) is 136 cm³/mol. The number of imidazole rings is 1. The van der Waals surface area contributed by atoms with E-state index >= 15 is 4.39 Å². The molecule has 1 atom stereocenters. The summed E-state index contributed by atoms with van der Waals surface area (Å²) < 4.78 is 37.3. The SMILES string of the molecule is COCC1CCc2nc3c(F)cc(-c4nc(Nc5ccc(CN6CCNCC6)cn5)ncc4F)cc3n21. The lowest BCUT2D eigenvalue weighted by molar-refractivity contribution is 0.160. The van der Waals surface area contributed by atoms with E-state index < -0.39 is 11.6 Å². The van der Waals surface area contributed by atoms with Crippen molar-refractivity contribution in [3.63, 3.8) is 0 Å². The summed E-state index contributed by atoms with van der Waals surface area (Å²) in [5, 5.41) is 6.38. The minimum absolute atomic E-state index is 0.00506. The highest BCUT2D eigenvalue weighted by Crippen LogP contribution is 2.35. The number of anilines is 2. The summed E-state index contributed by atoms with van der Waals surface area (Å²) in [6, 6.07) is 6.92. The van der Waals surface area contributed by atoms with Crippen LogP contribution in [0.25, 0.3) is 22.3 Å². The Morgan fingerprint density at radius 1 is 1.08 bits per heavy atom. The molecule has 6 rings (SSSR count). The molecular weight excluding hydrogens is 478 g/mol. The molecule has 1 aromatic carbocycles. The Morgan fingerprint density at radius 3 is 2.73 bits per heavy atom. The molecule has 1 saturated heterocycles. The van der Waals surface area contributed by atoms with Gasteiger partial charge >= 0.3 is 0 Å². The van der Waals surface area contributed by atoms with Crippen LogP contribution >= 0.6 is 0 Å². The van der Waals surface area contributed by atoms with Crippen molar-refractivity contribution in [2.45, 2.75) is 25.4 Å². The standard InChI is InChI=1S/C26H28F2N8O/c1-37-15-18-3-5-23-33-25-19(27)10-17(11-21(25)36(18)23)24-20(28)13-31-26(34-24)32-22-4-2-16(12-30-22)14-35-8-6-29-7-9-35/h2,4,10-13,18,29H,3,5-9,14-15H2,1H3,(H,30,31,32,34). The highest BCUT2D eigenvalue weighted by Gasteiger charge is 2.27. The van der Waals surface area contributed by atoms with Crippen LogP contribution < -0.4 is 10.6 Å². The molecule has 0 radical (unpaired) electrons. The van der Waals surface area contributed by atoms with E-state index in [2.05, 4.69) is 35.5 Å². The number of aromatic nitrogens is 5. The maximum Gasteiger partial charge on any atom is 0.229 e. The van der Waals surface area contributed by atoms with E-state index in [0.717, 1.165) is 63.2 Å². The van der Waals surface area contributed by atoms with Crippen LogP contribution in [0.2, 0.25) is 0 Å². The number of ether oxygens (including phenoxy) is 1. The number of nitrogens with zero attached hydrogens (tertiary/aromatic N) is 6. The summed E-state index contributed by atoms with van der Waals surface area (Å²) in [7, 11) is 1.64. The smallest absolute Gasteiger partial charge is 0.229 e. The van der Waals surface area contributed by atoms with E-state index in [1.165, 1.54) is 6.07 Å². The highest BCUT2D eigenvalue weighted by molar-refractivity contribution is 5.83. The van der Waals surface area contributed by atoms with Crippen molar-refractivity contribution < 1.29 is 13.5 Å². The van der Waals surface area contributed by atoms with Crippen LogP contribution in [0.4, 0.5) is 20.5 Å². The zero-order valence-corrected chi connectivity index (χ0v) is 20.5. The van der Waals surface area contributed by atoms with Gasteiger partial charge in [-0.05, 0) is 30.2 Å². The molecule has 5 heterocycles. The van der Waals surface area contributed by atoms with E-state index in [4.69, 9.17) is 4.74 Å². The molecular formula is C26H28F2N8O. The van der Waals surface area contributed by atoms with E-state index in [0.29, 0.717) is 23.5 Å². The van der Waals surface area contributed by atoms with Gasteiger partial charge in [0.1, 0.15) is 22.9 Å². The number of hydrogen-bond acceptors (Lipinski definition) is 8. The van der Waals surface area contributed by atoms with Gasteiger partial charge in [0, 0.05) is 58.0 Å². The number of aryl methyl sites for hydroxylation is 1. The van der Waals surface area contributed by atoms with Gasteiger partial charge in [0.05, 0.1) is 24.4 Å². The minimum Gasteiger partial charge on any atom is -0.383 e. The molecule has 1 fully saturated rings. The molecule has 192 valence electrons. The van der Waals surface area contributed by atoms with E-state index in [1.807, 2.05) is 22.9 Å². The summed E-state index contributed by atoms with van der Waals surface area (Å²) in [6.45, 7) is 5.34. The van der Waals surface area contributed by atoms with Crippen LogP contribution in [-0.2, 0) is 17.7 Å². The molecule has 1 unspecified atom stereocenters. The van der Waals surface area contributed by atoms with Crippen molar-refractivity contribution in [3.05, 3.63) is 59.7 Å². The number of fused-ring (bicyclic) bond motifs is 3. The van der Waals surface area contributed by atoms with Gasteiger partial charge < -0.3 is 19.9 Å². The van der Waals surface area contributed by atoms with Crippen LogP contribution in [0.15, 0.2) is 36.7 Å². The Hall–Kier alpha value is -3.54. The van der Waals surface area contributed by atoms with Gasteiger partial charge in [0.2, 0.25) is 5.95 Å². The van der Waals surface area contributed by atoms with Gasteiger partial charge in [-0.1, -0.05) is 6.07 Å². The second-order valence-electron chi connectivity index (χ2n) is 9.46. The lowest BCUT2D eigenvalue weighted by atomic mass is 10.1. The maximum atomic E-state index is 15.1. The number of rotatable bonds is 7. The van der Waals surface area contributed by atoms with E-state index in [-0.39, 0.29) is 23.2 Å². The Kier molecular flexibility index (Phi) is 6.49. The Balaban J connectivity index is 1.26. The first-order valence-electron chi connectivity index (χ1n) is 12.5. The number of benzene rings is 1. The number of pyridine rings is 1. The second-order valence-corrected chi connectivity index (χ2v) is 9.46. The van der Waals surface area contributed by atoms with Crippen LogP contribution in [0.5, 0.6) is 0 Å². The zero-order valence-electron chi connectivity index (χ0n) is 20.5. The van der Waals surface area contributed by atoms with Gasteiger partial charge in [-0.15, -0.1) is 0 Å². The number of hydrogen-bond donors (Lipinski definition) is 2. The monoisotopic (exact) mass is 506 g/mol. The van der Waals surface area contributed by atoms with Crippen molar-refractivity contribution in [2.75, 3.05) is 45.2 Å². The molecule has 0 spiro atoms. The van der Waals surface area contributed by atoms with Gasteiger partial charge in [-0.3, -0.25) is 4.90 Å². The number of methoxy groups -OCH3 is 1. The molecule has 0 amide bonds. The van der Waals surface area contributed by atoms with Crippen LogP contribution in [-0.4, -0.2) is 69.3 Å². The zero-order chi connectivity index (χ0) is 25.4. The van der Waals surface area contributed by atoms with Crippen molar-refractivity contribution in [1.82, 2.24) is 34.7 Å². The first-order valence-corrected chi connectivity index (χ1v) is 12.5. The second kappa shape index (κ2) is 10.1. The fraction of sp³-hybridized carbons (Fsp3) is 0.385. The quantitative estimate of drug-likeness (QED) is 0.394. The predicted octanol–water partition coefficient (Wildman–Crippen LogP) is 3.45. The topological polar surface area (TPSA) is 93.0 Å². The molecule has 0 saturated carbocycles. The van der Waals surface area contributed by atoms with Crippen LogP contribution in [0.3, 0.4) is 0 Å². The number of nitrogens with one attached hydrogen (secondary N) is 2. The lowest BCUT2D eigenvalue weighted by Crippen LogP contribution is -2.42. The summed E-state index contributed by atoms with van der Waals surface area (Å²) in [5.41, 5.74) is 2.32. The van der Waals surface area contributed by atoms with Gasteiger partial charge in [0.25, 0.3) is 0 Å². The minimum atomic E-state index is -0.641. The van der Waals surface area contributed by atoms with E-state index in [1.54, 1.807) is 13.2 Å². The fourth-order valence-corrected chi connectivity index (χ4v) is 5.16. The lowest BCUT2D eigenvalue weighted by Gasteiger charge is -2.27. The molecule has 2 aliphatic rings. The summed E-state index contributed by atoms with van der Waals surface area (Å²) in [4.78, 5) is 19.7. The number of halogens is 2. The molecule has 11 heteroatoms. The van der Waals surface area contributed by atoms with Crippen molar-refractivity contribution in [3.8, 4) is 11.3 Å². The first kappa shape index (κ1) is 23.8. The maximum absolute atomic E-state index is 15.1. The molecule has 2 aliphatic heterocycles. The third kappa shape index (κ3) is 4.77. The molecule has 4 aromatic rings. The van der Waals surface area contributed by atoms with Gasteiger partial charge in [0.15, 0.2) is 11.6 Å². The molecule has 2 N–H and O–H groups in total. The molecule has 0 bridgehead atoms. The average Bonchev–Trinajstić information content (AvgIpc) is 3.48. The highest BCUT2D eigenvalue weighted by atomic mass is 19.1. The third-order valence-corrected chi connectivity index (χ3v) is 6.95. The Labute approximate surface area is 212 Å². The van der Waals surface area contributed by atoms with Gasteiger partial charge in [-0.25, -0.2) is 28.7 Å². The summed E-state index contributed by atoms with van der Waals surface area (Å²) >= 11 is 0. The summed E-state index contributed by atoms with van der Waals surface area (Å²) in [6.07, 6.45) is 4.51. The third-order valence-electron chi connectivity index (χ3n) is 6.95. The largest absolute Gasteiger partial charge is 0.383 e. The van der Waals surface area contributed by atoms with E-state index in [9.17, 15) is 4.39 Å². The number of piperazine rings is 1. The van der Waals surface area contributed by atoms with Crippen LogP contribution in [0.1, 0.15) is 23.9 Å². The van der Waals surface area contributed by atoms with Crippen LogP contribution in [0, 0.1) is 11.6 Å². The molecule has 0 aliphatic carbocycles. The molecule has 9 nitrogen and oxygen atoms in total. The van der Waals surface area contributed by atoms with Crippen molar-refractivity contribution >= 4 is 22.8 Å². The first-order chi connectivity index (χ1) is 18.1. The van der Waals surface area contributed by atoms with Crippen molar-refractivity contribution in [2.24, 2.45) is 0 Å². The van der Waals surface area contributed by atoms with Gasteiger partial charge in [-0.2, -0.15) is 0 Å². The molecule has 37 heavy (non-hydrogen) atoms. The summed E-state index contributed by atoms with van der Waals surface area (Å²) in [5.74, 6) is 0.373. The van der Waals surface area contributed by atoms with Crippen molar-refractivity contribution in [1.29, 1.82) is 0 Å². The molecule has 3 aromatic heterocycles.